The fraction of sp³-hybridized carbons (Fsp3) is 0.533. The Morgan fingerprint density at radius 1 is 1.29 bits per heavy atom. The lowest BCUT2D eigenvalue weighted by atomic mass is 10.1. The summed E-state index contributed by atoms with van der Waals surface area (Å²) < 4.78 is 6.42. The number of nitrogens with two attached hydrogens (primary N) is 1. The van der Waals surface area contributed by atoms with E-state index in [-0.39, 0.29) is 0 Å². The molecular formula is C15H20BrN3OS. The molecule has 2 saturated heterocycles. The zero-order valence-electron chi connectivity index (χ0n) is 11.9. The number of thiocarbonyl (C=S) groups is 1. The fourth-order valence-corrected chi connectivity index (χ4v) is 4.14. The van der Waals surface area contributed by atoms with E-state index in [4.69, 9.17) is 22.7 Å². The van der Waals surface area contributed by atoms with Crippen molar-refractivity contribution in [1.29, 1.82) is 0 Å². The van der Waals surface area contributed by atoms with Crippen molar-refractivity contribution in [2.24, 2.45) is 5.73 Å². The second-order valence-electron chi connectivity index (χ2n) is 5.54. The van der Waals surface area contributed by atoms with Gasteiger partial charge in [0.25, 0.3) is 0 Å². The lowest BCUT2D eigenvalue weighted by molar-refractivity contribution is 0.0209. The second-order valence-corrected chi connectivity index (χ2v) is 6.83. The molecule has 1 aromatic carbocycles. The van der Waals surface area contributed by atoms with Crippen molar-refractivity contribution in [2.45, 2.75) is 12.5 Å². The molecule has 0 radical (unpaired) electrons. The van der Waals surface area contributed by atoms with Crippen LogP contribution in [0.2, 0.25) is 0 Å². The van der Waals surface area contributed by atoms with Crippen molar-refractivity contribution >= 4 is 38.8 Å². The Hall–Kier alpha value is -0.690. The molecule has 0 amide bonds. The number of anilines is 1. The fourth-order valence-electron chi connectivity index (χ4n) is 3.22. The smallest absolute Gasteiger partial charge is 0.107 e. The number of halogens is 1. The molecule has 4 nitrogen and oxygen atoms in total. The van der Waals surface area contributed by atoms with Gasteiger partial charge in [0.2, 0.25) is 0 Å². The zero-order chi connectivity index (χ0) is 14.8. The van der Waals surface area contributed by atoms with E-state index in [9.17, 15) is 0 Å². The van der Waals surface area contributed by atoms with Crippen LogP contribution in [0.5, 0.6) is 0 Å². The lowest BCUT2D eigenvalue weighted by Crippen LogP contribution is -2.44. The summed E-state index contributed by atoms with van der Waals surface area (Å²) >= 11 is 8.79. The van der Waals surface area contributed by atoms with Crippen LogP contribution in [0.3, 0.4) is 0 Å². The third-order valence-electron chi connectivity index (χ3n) is 4.30. The van der Waals surface area contributed by atoms with Gasteiger partial charge in [-0.2, -0.15) is 0 Å². The molecule has 6 heteroatoms. The maximum atomic E-state index is 5.91. The summed E-state index contributed by atoms with van der Waals surface area (Å²) in [6, 6.07) is 6.75. The summed E-state index contributed by atoms with van der Waals surface area (Å²) in [5.41, 5.74) is 8.01. The molecule has 21 heavy (non-hydrogen) atoms. The highest BCUT2D eigenvalue weighted by atomic mass is 79.9. The molecule has 2 aliphatic rings. The van der Waals surface area contributed by atoms with E-state index in [0.717, 1.165) is 55.1 Å². The molecule has 3 rings (SSSR count). The number of hydrogen-bond acceptors (Lipinski definition) is 4. The largest absolute Gasteiger partial charge is 0.389 e. The topological polar surface area (TPSA) is 41.7 Å². The summed E-state index contributed by atoms with van der Waals surface area (Å²) in [5, 5.41) is 0. The highest BCUT2D eigenvalue weighted by Gasteiger charge is 2.30. The standard InChI is InChI=1S/C15H20BrN3OS/c16-12-2-1-3-13(14(12)15(17)21)19-5-4-11(10-19)18-6-8-20-9-7-18/h1-3,11H,4-10H2,(H2,17,21). The van der Waals surface area contributed by atoms with Gasteiger partial charge >= 0.3 is 0 Å². The first-order valence-corrected chi connectivity index (χ1v) is 8.52. The van der Waals surface area contributed by atoms with Gasteiger partial charge in [-0.3, -0.25) is 4.90 Å². The molecule has 0 spiro atoms. The predicted octanol–water partition coefficient (Wildman–Crippen LogP) is 1.99. The summed E-state index contributed by atoms with van der Waals surface area (Å²) in [5.74, 6) is 0. The second kappa shape index (κ2) is 6.60. The molecule has 2 N–H and O–H groups in total. The normalized spacial score (nSPS) is 23.5. The van der Waals surface area contributed by atoms with Gasteiger partial charge in [-0.05, 0) is 34.5 Å². The number of morpholine rings is 1. The molecule has 0 aliphatic carbocycles. The average molecular weight is 370 g/mol. The van der Waals surface area contributed by atoms with Crippen molar-refractivity contribution < 1.29 is 4.74 Å². The van der Waals surface area contributed by atoms with Gasteiger partial charge in [0.1, 0.15) is 4.99 Å². The van der Waals surface area contributed by atoms with Crippen molar-refractivity contribution in [2.75, 3.05) is 44.3 Å². The monoisotopic (exact) mass is 369 g/mol. The number of benzene rings is 1. The highest BCUT2D eigenvalue weighted by Crippen LogP contribution is 2.31. The minimum Gasteiger partial charge on any atom is -0.389 e. The van der Waals surface area contributed by atoms with Crippen molar-refractivity contribution in [3.05, 3.63) is 28.2 Å². The van der Waals surface area contributed by atoms with Crippen LogP contribution < -0.4 is 10.6 Å². The van der Waals surface area contributed by atoms with Crippen LogP contribution in [0.1, 0.15) is 12.0 Å². The van der Waals surface area contributed by atoms with Crippen LogP contribution >= 0.6 is 28.1 Å². The van der Waals surface area contributed by atoms with Gasteiger partial charge in [0.05, 0.1) is 13.2 Å². The Balaban J connectivity index is 1.77. The molecule has 2 fully saturated rings. The molecule has 0 bridgehead atoms. The predicted molar refractivity (Wildman–Crippen MR) is 93.0 cm³/mol. The average Bonchev–Trinajstić information content (AvgIpc) is 2.97. The molecule has 1 atom stereocenters. The van der Waals surface area contributed by atoms with E-state index in [1.807, 2.05) is 12.1 Å². The Bertz CT molecular complexity index is 534. The molecule has 1 unspecified atom stereocenters. The van der Waals surface area contributed by atoms with Crippen molar-refractivity contribution in [3.8, 4) is 0 Å². The highest BCUT2D eigenvalue weighted by molar-refractivity contribution is 9.10. The summed E-state index contributed by atoms with van der Waals surface area (Å²) in [7, 11) is 0. The third-order valence-corrected chi connectivity index (χ3v) is 5.17. The number of ether oxygens (including phenoxy) is 1. The first kappa shape index (κ1) is 15.2. The maximum Gasteiger partial charge on any atom is 0.107 e. The number of rotatable bonds is 3. The van der Waals surface area contributed by atoms with E-state index in [0.29, 0.717) is 11.0 Å². The minimum atomic E-state index is 0.451. The Kier molecular flexibility index (Phi) is 4.78. The number of hydrogen-bond donors (Lipinski definition) is 1. The summed E-state index contributed by atoms with van der Waals surface area (Å²) in [6.45, 7) is 5.87. The van der Waals surface area contributed by atoms with Crippen molar-refractivity contribution in [1.82, 2.24) is 4.90 Å². The SMILES string of the molecule is NC(=S)c1c(Br)cccc1N1CCC(N2CCOCC2)C1. The molecule has 1 aromatic rings. The van der Waals surface area contributed by atoms with E-state index >= 15 is 0 Å². The summed E-state index contributed by atoms with van der Waals surface area (Å²) in [6.07, 6.45) is 1.18. The van der Waals surface area contributed by atoms with E-state index < -0.39 is 0 Å². The van der Waals surface area contributed by atoms with Gasteiger partial charge < -0.3 is 15.4 Å². The first-order valence-electron chi connectivity index (χ1n) is 7.32. The Morgan fingerprint density at radius 2 is 2.05 bits per heavy atom. The zero-order valence-corrected chi connectivity index (χ0v) is 14.3. The lowest BCUT2D eigenvalue weighted by Gasteiger charge is -2.32. The Labute approximate surface area is 139 Å². The molecule has 2 aliphatic heterocycles. The van der Waals surface area contributed by atoms with Crippen LogP contribution in [0, 0.1) is 0 Å². The molecule has 2 heterocycles. The molecular weight excluding hydrogens is 350 g/mol. The van der Waals surface area contributed by atoms with Gasteiger partial charge in [-0.15, -0.1) is 0 Å². The molecule has 0 saturated carbocycles. The van der Waals surface area contributed by atoms with E-state index in [1.165, 1.54) is 6.42 Å². The minimum absolute atomic E-state index is 0.451. The first-order chi connectivity index (χ1) is 10.2. The van der Waals surface area contributed by atoms with E-state index in [2.05, 4.69) is 31.8 Å². The van der Waals surface area contributed by atoms with Gasteiger partial charge in [0.15, 0.2) is 0 Å². The molecule has 0 aromatic heterocycles. The van der Waals surface area contributed by atoms with Crippen LogP contribution in [-0.2, 0) is 4.74 Å². The van der Waals surface area contributed by atoms with Gasteiger partial charge in [-0.25, -0.2) is 0 Å². The van der Waals surface area contributed by atoms with Crippen molar-refractivity contribution in [3.63, 3.8) is 0 Å². The van der Waals surface area contributed by atoms with Gasteiger partial charge in [0, 0.05) is 47.9 Å². The maximum absolute atomic E-state index is 5.91. The van der Waals surface area contributed by atoms with Crippen LogP contribution in [0.25, 0.3) is 0 Å². The molecule has 114 valence electrons. The van der Waals surface area contributed by atoms with Crippen LogP contribution in [-0.4, -0.2) is 55.3 Å². The summed E-state index contributed by atoms with van der Waals surface area (Å²) in [4.78, 5) is 5.40. The third kappa shape index (κ3) is 3.23. The van der Waals surface area contributed by atoms with Crippen LogP contribution in [0.15, 0.2) is 22.7 Å². The Morgan fingerprint density at radius 3 is 2.76 bits per heavy atom. The quantitative estimate of drug-likeness (QED) is 0.825. The van der Waals surface area contributed by atoms with Crippen LogP contribution in [0.4, 0.5) is 5.69 Å². The van der Waals surface area contributed by atoms with Gasteiger partial charge in [-0.1, -0.05) is 18.3 Å². The number of nitrogens with zero attached hydrogens (tertiary/aromatic N) is 2. The van der Waals surface area contributed by atoms with E-state index in [1.54, 1.807) is 0 Å².